The van der Waals surface area contributed by atoms with E-state index in [1.165, 1.54) is 0 Å². The fourth-order valence-electron chi connectivity index (χ4n) is 3.53. The molecular formula is C18H28Cl2N4O3. The zero-order chi connectivity index (χ0) is 17.7. The molecule has 1 aromatic rings. The Labute approximate surface area is 172 Å². The third-order valence-electron chi connectivity index (χ3n) is 5.11. The van der Waals surface area contributed by atoms with E-state index in [-0.39, 0.29) is 31.4 Å². The number of nitrogens with two attached hydrogens (primary N) is 1. The van der Waals surface area contributed by atoms with Crippen LogP contribution in [-0.4, -0.2) is 60.1 Å². The molecule has 9 heteroatoms. The number of esters is 2. The van der Waals surface area contributed by atoms with Crippen molar-refractivity contribution in [2.45, 2.75) is 37.6 Å². The highest BCUT2D eigenvalue weighted by Crippen LogP contribution is 2.27. The van der Waals surface area contributed by atoms with Gasteiger partial charge in [0.05, 0.1) is 6.54 Å². The van der Waals surface area contributed by atoms with Gasteiger partial charge in [0, 0.05) is 44.3 Å². The molecule has 0 spiro atoms. The van der Waals surface area contributed by atoms with Crippen molar-refractivity contribution in [2.75, 3.05) is 37.6 Å². The summed E-state index contributed by atoms with van der Waals surface area (Å²) in [4.78, 5) is 32.6. The molecule has 0 bridgehead atoms. The molecule has 27 heavy (non-hydrogen) atoms. The number of hydrogen-bond acceptors (Lipinski definition) is 7. The van der Waals surface area contributed by atoms with Gasteiger partial charge >= 0.3 is 11.9 Å². The average molecular weight is 419 g/mol. The van der Waals surface area contributed by atoms with Gasteiger partial charge in [0.2, 0.25) is 0 Å². The van der Waals surface area contributed by atoms with Gasteiger partial charge < -0.3 is 15.4 Å². The van der Waals surface area contributed by atoms with E-state index in [0.717, 1.165) is 51.1 Å². The van der Waals surface area contributed by atoms with E-state index in [1.807, 2.05) is 17.0 Å². The van der Waals surface area contributed by atoms with Crippen molar-refractivity contribution in [1.29, 1.82) is 0 Å². The predicted octanol–water partition coefficient (Wildman–Crippen LogP) is 1.78. The molecule has 2 aliphatic rings. The van der Waals surface area contributed by atoms with Gasteiger partial charge in [0.15, 0.2) is 0 Å². The number of nitrogens with zero attached hydrogens (tertiary/aromatic N) is 3. The van der Waals surface area contributed by atoms with Crippen LogP contribution in [-0.2, 0) is 14.3 Å². The molecule has 1 aromatic heterocycles. The number of halogens is 2. The summed E-state index contributed by atoms with van der Waals surface area (Å²) in [5.41, 5.74) is 6.27. The fourth-order valence-corrected chi connectivity index (χ4v) is 3.53. The molecule has 2 N–H and O–H groups in total. The number of pyridine rings is 1. The van der Waals surface area contributed by atoms with Crippen LogP contribution >= 0.6 is 24.8 Å². The predicted molar refractivity (Wildman–Crippen MR) is 108 cm³/mol. The van der Waals surface area contributed by atoms with Crippen molar-refractivity contribution in [3.8, 4) is 0 Å². The minimum absolute atomic E-state index is 0. The molecule has 3 rings (SSSR count). The van der Waals surface area contributed by atoms with E-state index in [0.29, 0.717) is 12.8 Å². The molecule has 1 aliphatic heterocycles. The first-order valence-electron chi connectivity index (χ1n) is 8.98. The van der Waals surface area contributed by atoms with Crippen LogP contribution < -0.4 is 10.6 Å². The van der Waals surface area contributed by atoms with E-state index in [9.17, 15) is 9.59 Å². The van der Waals surface area contributed by atoms with Crippen LogP contribution in [0, 0.1) is 0 Å². The first-order valence-corrected chi connectivity index (χ1v) is 8.98. The number of ether oxygens (including phenoxy) is 1. The summed E-state index contributed by atoms with van der Waals surface area (Å²) < 4.78 is 5.04. The lowest BCUT2D eigenvalue weighted by atomic mass is 9.83. The summed E-state index contributed by atoms with van der Waals surface area (Å²) in [6.07, 6.45) is 7.67. The summed E-state index contributed by atoms with van der Waals surface area (Å²) in [5, 5.41) is 0. The van der Waals surface area contributed by atoms with Crippen LogP contribution in [0.15, 0.2) is 24.5 Å². The van der Waals surface area contributed by atoms with Gasteiger partial charge in [-0.1, -0.05) is 19.3 Å². The van der Waals surface area contributed by atoms with Gasteiger partial charge in [-0.2, -0.15) is 0 Å². The fraction of sp³-hybridized carbons (Fsp3) is 0.611. The second-order valence-corrected chi connectivity index (χ2v) is 6.95. The number of rotatable bonds is 4. The maximum Gasteiger partial charge on any atom is 0.333 e. The maximum atomic E-state index is 12.2. The van der Waals surface area contributed by atoms with Crippen LogP contribution in [0.5, 0.6) is 0 Å². The van der Waals surface area contributed by atoms with E-state index in [4.69, 9.17) is 10.5 Å². The largest absolute Gasteiger partial charge is 0.391 e. The summed E-state index contributed by atoms with van der Waals surface area (Å²) in [6, 6.07) is 3.96. The van der Waals surface area contributed by atoms with E-state index < -0.39 is 17.5 Å². The molecule has 1 saturated heterocycles. The Balaban J connectivity index is 0.00000182. The molecule has 1 saturated carbocycles. The molecule has 2 heterocycles. The SMILES string of the molecule is Cl.Cl.NC1(C(=O)OC(=O)CN2CCN(c3ccncc3)CC2)CCCCC1. The average Bonchev–Trinajstić information content (AvgIpc) is 2.63. The highest BCUT2D eigenvalue weighted by Gasteiger charge is 2.38. The molecule has 152 valence electrons. The minimum atomic E-state index is -0.978. The zero-order valence-electron chi connectivity index (χ0n) is 15.3. The normalized spacial score (nSPS) is 19.4. The maximum absolute atomic E-state index is 12.2. The van der Waals surface area contributed by atoms with Gasteiger partial charge in [0.1, 0.15) is 5.54 Å². The molecule has 0 aromatic carbocycles. The van der Waals surface area contributed by atoms with Crippen molar-refractivity contribution in [2.24, 2.45) is 5.73 Å². The smallest absolute Gasteiger partial charge is 0.333 e. The quantitative estimate of drug-likeness (QED) is 0.588. The number of aromatic nitrogens is 1. The van der Waals surface area contributed by atoms with Crippen molar-refractivity contribution in [3.63, 3.8) is 0 Å². The first kappa shape index (κ1) is 23.6. The highest BCUT2D eigenvalue weighted by atomic mass is 35.5. The molecule has 0 atom stereocenters. The lowest BCUT2D eigenvalue weighted by Crippen LogP contribution is -2.52. The van der Waals surface area contributed by atoms with Crippen molar-refractivity contribution >= 4 is 42.4 Å². The van der Waals surface area contributed by atoms with Gasteiger partial charge in [-0.25, -0.2) is 4.79 Å². The Morgan fingerprint density at radius 1 is 1.04 bits per heavy atom. The standard InChI is InChI=1S/C18H26N4O3.2ClH/c19-18(6-2-1-3-7-18)17(24)25-16(23)14-21-10-12-22(13-11-21)15-4-8-20-9-5-15;;/h4-5,8-9H,1-3,6-7,10-14,19H2;2*1H. The number of carbonyl (C=O) groups is 2. The summed E-state index contributed by atoms with van der Waals surface area (Å²) in [7, 11) is 0. The second kappa shape index (κ2) is 10.8. The zero-order valence-corrected chi connectivity index (χ0v) is 17.0. The van der Waals surface area contributed by atoms with Crippen LogP contribution in [0.25, 0.3) is 0 Å². The Bertz CT molecular complexity index is 604. The minimum Gasteiger partial charge on any atom is -0.391 e. The number of carbonyl (C=O) groups excluding carboxylic acids is 2. The van der Waals surface area contributed by atoms with Gasteiger partial charge in [0.25, 0.3) is 0 Å². The van der Waals surface area contributed by atoms with Crippen LogP contribution in [0.1, 0.15) is 32.1 Å². The van der Waals surface area contributed by atoms with Crippen molar-refractivity contribution in [3.05, 3.63) is 24.5 Å². The monoisotopic (exact) mass is 418 g/mol. The number of anilines is 1. The van der Waals surface area contributed by atoms with E-state index in [1.54, 1.807) is 12.4 Å². The molecule has 0 radical (unpaired) electrons. The third kappa shape index (κ3) is 6.31. The van der Waals surface area contributed by atoms with Crippen molar-refractivity contribution in [1.82, 2.24) is 9.88 Å². The van der Waals surface area contributed by atoms with Gasteiger partial charge in [-0.05, 0) is 25.0 Å². The second-order valence-electron chi connectivity index (χ2n) is 6.95. The van der Waals surface area contributed by atoms with Crippen LogP contribution in [0.3, 0.4) is 0 Å². The summed E-state index contributed by atoms with van der Waals surface area (Å²) >= 11 is 0. The topological polar surface area (TPSA) is 88.8 Å². The molecule has 0 amide bonds. The van der Waals surface area contributed by atoms with E-state index >= 15 is 0 Å². The van der Waals surface area contributed by atoms with Crippen molar-refractivity contribution < 1.29 is 14.3 Å². The number of hydrogen-bond donors (Lipinski definition) is 1. The molecule has 7 nitrogen and oxygen atoms in total. The lowest BCUT2D eigenvalue weighted by molar-refractivity contribution is -0.165. The lowest BCUT2D eigenvalue weighted by Gasteiger charge is -2.35. The first-order chi connectivity index (χ1) is 12.1. The van der Waals surface area contributed by atoms with E-state index in [2.05, 4.69) is 9.88 Å². The Hall–Kier alpha value is -1.41. The highest BCUT2D eigenvalue weighted by molar-refractivity contribution is 5.91. The summed E-state index contributed by atoms with van der Waals surface area (Å²) in [5.74, 6) is -1.06. The molecule has 0 unspecified atom stereocenters. The Kier molecular flexibility index (Phi) is 9.45. The van der Waals surface area contributed by atoms with Gasteiger partial charge in [-0.3, -0.25) is 14.7 Å². The molecule has 1 aliphatic carbocycles. The Morgan fingerprint density at radius 3 is 2.22 bits per heavy atom. The van der Waals surface area contributed by atoms with Crippen LogP contribution in [0.4, 0.5) is 5.69 Å². The third-order valence-corrected chi connectivity index (χ3v) is 5.11. The van der Waals surface area contributed by atoms with Crippen LogP contribution in [0.2, 0.25) is 0 Å². The molecule has 2 fully saturated rings. The molecular weight excluding hydrogens is 391 g/mol. The van der Waals surface area contributed by atoms with Gasteiger partial charge in [-0.15, -0.1) is 24.8 Å². The summed E-state index contributed by atoms with van der Waals surface area (Å²) in [6.45, 7) is 3.28. The number of piperazine rings is 1. The Morgan fingerprint density at radius 2 is 1.63 bits per heavy atom.